The van der Waals surface area contributed by atoms with Crippen molar-refractivity contribution in [3.8, 4) is 0 Å². The number of allylic oxidation sites excluding steroid dienone is 1. The van der Waals surface area contributed by atoms with Crippen LogP contribution in [-0.2, 0) is 57.2 Å². The average molecular weight is 671 g/mol. The molecule has 0 saturated heterocycles. The van der Waals surface area contributed by atoms with Crippen LogP contribution in [0, 0.1) is 11.8 Å². The minimum atomic E-state index is -0.794. The molecule has 0 heterocycles. The highest BCUT2D eigenvalue weighted by Gasteiger charge is 2.12. The van der Waals surface area contributed by atoms with Gasteiger partial charge in [0.2, 0.25) is 0 Å². The largest absolute Gasteiger partial charge is 0.466 e. The lowest BCUT2D eigenvalue weighted by Gasteiger charge is -2.12. The van der Waals surface area contributed by atoms with Gasteiger partial charge in [-0.25, -0.2) is 14.4 Å². The van der Waals surface area contributed by atoms with Crippen LogP contribution in [0.5, 0.6) is 0 Å². The van der Waals surface area contributed by atoms with E-state index in [1.165, 1.54) is 13.0 Å². The third kappa shape index (κ3) is 28.4. The van der Waals surface area contributed by atoms with Gasteiger partial charge in [0.1, 0.15) is 6.61 Å². The first-order valence-electron chi connectivity index (χ1n) is 16.2. The van der Waals surface area contributed by atoms with Crippen molar-refractivity contribution in [1.29, 1.82) is 0 Å². The summed E-state index contributed by atoms with van der Waals surface area (Å²) in [5.74, 6) is -2.60. The molecule has 0 aromatic carbocycles. The van der Waals surface area contributed by atoms with Crippen LogP contribution in [-0.4, -0.2) is 93.1 Å². The molecule has 0 fully saturated rings. The van der Waals surface area contributed by atoms with Gasteiger partial charge in [0.05, 0.1) is 38.6 Å². The number of aliphatic hydroxyl groups excluding tert-OH is 1. The maximum Gasteiger partial charge on any atom is 0.331 e. The predicted octanol–water partition coefficient (Wildman–Crippen LogP) is 3.97. The molecule has 0 bridgehead atoms. The van der Waals surface area contributed by atoms with Crippen LogP contribution in [0.3, 0.4) is 0 Å². The number of ketones is 1. The number of carbonyl (C=O) groups is 6. The Kier molecular flexibility index (Phi) is 25.4. The summed E-state index contributed by atoms with van der Waals surface area (Å²) >= 11 is 0. The average Bonchev–Trinajstić information content (AvgIpc) is 3.03. The summed E-state index contributed by atoms with van der Waals surface area (Å²) in [6.07, 6.45) is 8.12. The quantitative estimate of drug-likeness (QED) is 0.0575. The number of unbranched alkanes of at least 4 members (excludes halogenated alkanes) is 1. The molecular formula is C34H54O13. The van der Waals surface area contributed by atoms with E-state index in [4.69, 9.17) is 33.5 Å². The first-order valence-corrected chi connectivity index (χ1v) is 16.2. The lowest BCUT2D eigenvalue weighted by molar-refractivity contribution is -0.146. The molecule has 0 spiro atoms. The van der Waals surface area contributed by atoms with E-state index in [0.29, 0.717) is 51.4 Å². The fraction of sp³-hybridized carbons (Fsp3) is 0.706. The Morgan fingerprint density at radius 1 is 0.553 bits per heavy atom. The van der Waals surface area contributed by atoms with Crippen molar-refractivity contribution in [3.63, 3.8) is 0 Å². The highest BCUT2D eigenvalue weighted by molar-refractivity contribution is 5.95. The number of esters is 5. The van der Waals surface area contributed by atoms with Crippen LogP contribution in [0.25, 0.3) is 0 Å². The van der Waals surface area contributed by atoms with Crippen molar-refractivity contribution in [3.05, 3.63) is 24.3 Å². The zero-order chi connectivity index (χ0) is 35.5. The standard InChI is InChI=1S/C34H54O13/c1-25(18-22-45-32(39)15-12-29(36)11-10-28(4)42-5)8-13-30(37)43-20-6-7-21-44-31(38)14-9-26(2)19-23-46-33(40)16-17-34(41)47-24-27(3)35/h12,15-17,25-28,35H,6-11,13-14,18-24H2,1-5H3/b15-12+,17-16+. The summed E-state index contributed by atoms with van der Waals surface area (Å²) < 4.78 is 30.4. The van der Waals surface area contributed by atoms with E-state index in [9.17, 15) is 28.8 Å². The molecule has 1 N–H and O–H groups in total. The zero-order valence-corrected chi connectivity index (χ0v) is 28.6. The second kappa shape index (κ2) is 27.5. The number of rotatable bonds is 27. The van der Waals surface area contributed by atoms with Crippen molar-refractivity contribution in [1.82, 2.24) is 0 Å². The van der Waals surface area contributed by atoms with E-state index in [1.807, 2.05) is 20.8 Å². The molecule has 0 saturated carbocycles. The topological polar surface area (TPSA) is 178 Å². The summed E-state index contributed by atoms with van der Waals surface area (Å²) in [5, 5.41) is 9.05. The number of hydrogen-bond acceptors (Lipinski definition) is 13. The Balaban J connectivity index is 3.82. The molecule has 0 aliphatic rings. The van der Waals surface area contributed by atoms with Crippen molar-refractivity contribution >= 4 is 35.6 Å². The second-order valence-electron chi connectivity index (χ2n) is 11.5. The fourth-order valence-electron chi connectivity index (χ4n) is 3.65. The Morgan fingerprint density at radius 3 is 1.45 bits per heavy atom. The molecule has 4 atom stereocenters. The molecule has 0 aromatic heterocycles. The SMILES string of the molecule is COC(C)CCC(=O)/C=C/C(=O)OCCC(C)CCC(=O)OCCCCOC(=O)CCC(C)CCOC(=O)/C=C/C(=O)OCC(C)O. The minimum absolute atomic E-state index is 0.0247. The number of hydrogen-bond donors (Lipinski definition) is 1. The number of methoxy groups -OCH3 is 1. The van der Waals surface area contributed by atoms with Gasteiger partial charge in [-0.05, 0) is 76.7 Å². The van der Waals surface area contributed by atoms with Crippen molar-refractivity contribution in [2.24, 2.45) is 11.8 Å². The van der Waals surface area contributed by atoms with Crippen LogP contribution >= 0.6 is 0 Å². The first-order chi connectivity index (χ1) is 22.3. The van der Waals surface area contributed by atoms with Crippen LogP contribution in [0.4, 0.5) is 0 Å². The Morgan fingerprint density at radius 2 is 1.00 bits per heavy atom. The molecule has 0 rings (SSSR count). The van der Waals surface area contributed by atoms with Crippen molar-refractivity contribution < 1.29 is 62.3 Å². The molecule has 0 amide bonds. The summed E-state index contributed by atoms with van der Waals surface area (Å²) in [6, 6.07) is 0. The van der Waals surface area contributed by atoms with Gasteiger partial charge in [0, 0.05) is 44.6 Å². The normalized spacial score (nSPS) is 13.8. The van der Waals surface area contributed by atoms with Crippen LogP contribution in [0.15, 0.2) is 24.3 Å². The molecule has 4 unspecified atom stereocenters. The highest BCUT2D eigenvalue weighted by Crippen LogP contribution is 2.13. The van der Waals surface area contributed by atoms with E-state index < -0.39 is 24.0 Å². The molecule has 0 radical (unpaired) electrons. The molecule has 0 aliphatic heterocycles. The van der Waals surface area contributed by atoms with Crippen LogP contribution < -0.4 is 0 Å². The van der Waals surface area contributed by atoms with Crippen LogP contribution in [0.2, 0.25) is 0 Å². The van der Waals surface area contributed by atoms with Gasteiger partial charge in [0.25, 0.3) is 0 Å². The molecule has 0 aromatic rings. The summed E-state index contributed by atoms with van der Waals surface area (Å²) in [4.78, 5) is 70.5. The van der Waals surface area contributed by atoms with E-state index in [-0.39, 0.29) is 81.5 Å². The number of aliphatic hydroxyl groups is 1. The second-order valence-corrected chi connectivity index (χ2v) is 11.5. The molecule has 47 heavy (non-hydrogen) atoms. The molecule has 268 valence electrons. The van der Waals surface area contributed by atoms with Crippen molar-refractivity contribution in [2.45, 2.75) is 104 Å². The molecule has 0 aliphatic carbocycles. The number of carbonyl (C=O) groups excluding carboxylic acids is 6. The lowest BCUT2D eigenvalue weighted by atomic mass is 10.0. The summed E-state index contributed by atoms with van der Waals surface area (Å²) in [7, 11) is 1.58. The van der Waals surface area contributed by atoms with E-state index >= 15 is 0 Å². The maximum atomic E-state index is 12.0. The fourth-order valence-corrected chi connectivity index (χ4v) is 3.65. The third-order valence-corrected chi connectivity index (χ3v) is 6.88. The van der Waals surface area contributed by atoms with Gasteiger partial charge in [-0.3, -0.25) is 14.4 Å². The van der Waals surface area contributed by atoms with Gasteiger partial charge < -0.3 is 33.5 Å². The monoisotopic (exact) mass is 670 g/mol. The van der Waals surface area contributed by atoms with Gasteiger partial charge in [-0.15, -0.1) is 0 Å². The smallest absolute Gasteiger partial charge is 0.331 e. The van der Waals surface area contributed by atoms with E-state index in [1.54, 1.807) is 7.11 Å². The van der Waals surface area contributed by atoms with Gasteiger partial charge >= 0.3 is 29.8 Å². The van der Waals surface area contributed by atoms with E-state index in [0.717, 1.165) is 18.2 Å². The number of ether oxygens (including phenoxy) is 6. The Bertz CT molecular complexity index is 1000. The van der Waals surface area contributed by atoms with Gasteiger partial charge in [-0.2, -0.15) is 0 Å². The molecule has 13 nitrogen and oxygen atoms in total. The first kappa shape index (κ1) is 43.4. The third-order valence-electron chi connectivity index (χ3n) is 6.88. The van der Waals surface area contributed by atoms with Crippen LogP contribution in [0.1, 0.15) is 91.9 Å². The van der Waals surface area contributed by atoms with Gasteiger partial charge in [0.15, 0.2) is 5.78 Å². The predicted molar refractivity (Wildman–Crippen MR) is 171 cm³/mol. The molecular weight excluding hydrogens is 616 g/mol. The Labute approximate surface area is 278 Å². The Hall–Kier alpha value is -3.58. The summed E-state index contributed by atoms with van der Waals surface area (Å²) in [5.41, 5.74) is 0. The minimum Gasteiger partial charge on any atom is -0.466 e. The van der Waals surface area contributed by atoms with Gasteiger partial charge in [-0.1, -0.05) is 13.8 Å². The zero-order valence-electron chi connectivity index (χ0n) is 28.6. The maximum absolute atomic E-state index is 12.0. The summed E-state index contributed by atoms with van der Waals surface area (Å²) in [6.45, 7) is 7.81. The lowest BCUT2D eigenvalue weighted by Crippen LogP contribution is -2.14. The molecule has 13 heteroatoms. The highest BCUT2D eigenvalue weighted by atomic mass is 16.6. The van der Waals surface area contributed by atoms with E-state index in [2.05, 4.69) is 0 Å². The van der Waals surface area contributed by atoms with Crippen molar-refractivity contribution in [2.75, 3.05) is 40.1 Å².